The Kier molecular flexibility index (Phi) is 4.62. The van der Waals surface area contributed by atoms with E-state index >= 15 is 0 Å². The third kappa shape index (κ3) is 3.49. The van der Waals surface area contributed by atoms with Gasteiger partial charge >= 0.3 is 0 Å². The Morgan fingerprint density at radius 3 is 2.75 bits per heavy atom. The van der Waals surface area contributed by atoms with Crippen LogP contribution in [0.2, 0.25) is 0 Å². The number of pyridine rings is 1. The van der Waals surface area contributed by atoms with E-state index in [0.29, 0.717) is 24.3 Å². The number of amides is 1. The Labute approximate surface area is 161 Å². The summed E-state index contributed by atoms with van der Waals surface area (Å²) in [5.74, 6) is -0.662. The van der Waals surface area contributed by atoms with Crippen LogP contribution in [-0.4, -0.2) is 36.2 Å². The van der Waals surface area contributed by atoms with E-state index in [1.807, 2.05) is 32.0 Å². The Morgan fingerprint density at radius 2 is 2.11 bits per heavy atom. The molecule has 0 saturated heterocycles. The molecule has 146 valence electrons. The molecule has 3 aromatic heterocycles. The number of hydrogen-bond donors (Lipinski definition) is 2. The van der Waals surface area contributed by atoms with Gasteiger partial charge < -0.3 is 10.4 Å². The van der Waals surface area contributed by atoms with Gasteiger partial charge in [-0.2, -0.15) is 9.61 Å². The van der Waals surface area contributed by atoms with Crippen molar-refractivity contribution >= 4 is 11.6 Å². The van der Waals surface area contributed by atoms with Gasteiger partial charge in [0, 0.05) is 37.0 Å². The minimum absolute atomic E-state index is 0.0814. The average molecular weight is 381 g/mol. The molecule has 0 spiro atoms. The number of carbonyl (C=O) groups is 1. The van der Waals surface area contributed by atoms with Gasteiger partial charge in [0.15, 0.2) is 5.56 Å². The maximum absolute atomic E-state index is 12.9. The number of rotatable bonds is 6. The predicted molar refractivity (Wildman–Crippen MR) is 103 cm³/mol. The molecule has 0 aromatic carbocycles. The van der Waals surface area contributed by atoms with Gasteiger partial charge in [0.2, 0.25) is 5.88 Å². The highest BCUT2D eigenvalue weighted by molar-refractivity contribution is 5.96. The summed E-state index contributed by atoms with van der Waals surface area (Å²) in [6.07, 6.45) is 3.94. The summed E-state index contributed by atoms with van der Waals surface area (Å²) in [6.45, 7) is 4.46. The number of hydrogen-bond acceptors (Lipinski definition) is 5. The third-order valence-electron chi connectivity index (χ3n) is 4.68. The molecule has 3 heterocycles. The molecule has 0 aliphatic heterocycles. The summed E-state index contributed by atoms with van der Waals surface area (Å²) in [5, 5.41) is 18.0. The van der Waals surface area contributed by atoms with Crippen molar-refractivity contribution in [2.75, 3.05) is 0 Å². The van der Waals surface area contributed by atoms with Crippen molar-refractivity contribution in [3.63, 3.8) is 0 Å². The van der Waals surface area contributed by atoms with Crippen molar-refractivity contribution in [2.24, 2.45) is 5.92 Å². The largest absolute Gasteiger partial charge is 0.494 e. The van der Waals surface area contributed by atoms with Crippen LogP contribution in [0.5, 0.6) is 5.88 Å². The molecule has 3 aromatic rings. The van der Waals surface area contributed by atoms with Crippen molar-refractivity contribution < 1.29 is 9.90 Å². The number of carbonyl (C=O) groups excluding carboxylic acids is 1. The van der Waals surface area contributed by atoms with Gasteiger partial charge in [-0.1, -0.05) is 19.9 Å². The normalized spacial score (nSPS) is 14.0. The fraction of sp³-hybridized carbons (Fsp3) is 0.400. The first-order valence-corrected chi connectivity index (χ1v) is 9.49. The molecule has 1 saturated carbocycles. The highest BCUT2D eigenvalue weighted by Gasteiger charge is 2.29. The maximum atomic E-state index is 12.9. The topological polar surface area (TPSA) is 102 Å². The molecular formula is C20H23N5O3. The number of nitrogens with zero attached hydrogens (tertiary/aromatic N) is 4. The summed E-state index contributed by atoms with van der Waals surface area (Å²) in [5.41, 5.74) is 1.06. The lowest BCUT2D eigenvalue weighted by molar-refractivity contribution is 0.0944. The van der Waals surface area contributed by atoms with E-state index in [-0.39, 0.29) is 23.4 Å². The summed E-state index contributed by atoms with van der Waals surface area (Å²) in [4.78, 5) is 29.8. The van der Waals surface area contributed by atoms with E-state index in [4.69, 9.17) is 0 Å². The van der Waals surface area contributed by atoms with Crippen molar-refractivity contribution in [3.05, 3.63) is 57.8 Å². The Bertz CT molecular complexity index is 1080. The first-order valence-electron chi connectivity index (χ1n) is 9.49. The second-order valence-electron chi connectivity index (χ2n) is 7.66. The predicted octanol–water partition coefficient (Wildman–Crippen LogP) is 1.74. The maximum Gasteiger partial charge on any atom is 0.291 e. The fourth-order valence-electron chi connectivity index (χ4n) is 3.21. The SMILES string of the molecule is CC(C)Cn1c(O)c(C(=O)NC2CC2)c(=O)n2nc(Cc3ccccn3)cc12. The summed E-state index contributed by atoms with van der Waals surface area (Å²) in [7, 11) is 0. The lowest BCUT2D eigenvalue weighted by atomic mass is 10.2. The molecule has 28 heavy (non-hydrogen) atoms. The molecule has 1 aliphatic carbocycles. The van der Waals surface area contributed by atoms with Crippen LogP contribution < -0.4 is 10.9 Å². The third-order valence-corrected chi connectivity index (χ3v) is 4.68. The second kappa shape index (κ2) is 7.10. The zero-order valence-corrected chi connectivity index (χ0v) is 15.9. The zero-order chi connectivity index (χ0) is 19.8. The number of fused-ring (bicyclic) bond motifs is 1. The number of aromatic nitrogens is 4. The van der Waals surface area contributed by atoms with Gasteiger partial charge in [0.25, 0.3) is 11.5 Å². The average Bonchev–Trinajstić information content (AvgIpc) is 3.36. The van der Waals surface area contributed by atoms with Crippen molar-refractivity contribution in [3.8, 4) is 5.88 Å². The Morgan fingerprint density at radius 1 is 1.32 bits per heavy atom. The van der Waals surface area contributed by atoms with Gasteiger partial charge in [-0.25, -0.2) is 0 Å². The van der Waals surface area contributed by atoms with Crippen LogP contribution in [0.25, 0.3) is 5.65 Å². The van der Waals surface area contributed by atoms with E-state index in [1.54, 1.807) is 16.8 Å². The lowest BCUT2D eigenvalue weighted by Gasteiger charge is -2.16. The molecule has 1 aliphatic rings. The molecule has 2 N–H and O–H groups in total. The minimum Gasteiger partial charge on any atom is -0.494 e. The van der Waals surface area contributed by atoms with E-state index < -0.39 is 11.5 Å². The van der Waals surface area contributed by atoms with Crippen LogP contribution in [0.1, 0.15) is 48.4 Å². The summed E-state index contributed by atoms with van der Waals surface area (Å²) in [6, 6.07) is 7.46. The molecule has 1 fully saturated rings. The van der Waals surface area contributed by atoms with E-state index in [9.17, 15) is 14.7 Å². The number of aromatic hydroxyl groups is 1. The highest BCUT2D eigenvalue weighted by atomic mass is 16.3. The molecule has 0 atom stereocenters. The van der Waals surface area contributed by atoms with Crippen LogP contribution in [0.3, 0.4) is 0 Å². The monoisotopic (exact) mass is 381 g/mol. The van der Waals surface area contributed by atoms with Crippen LogP contribution in [-0.2, 0) is 13.0 Å². The fourth-order valence-corrected chi connectivity index (χ4v) is 3.21. The smallest absolute Gasteiger partial charge is 0.291 e. The van der Waals surface area contributed by atoms with Crippen LogP contribution in [0.15, 0.2) is 35.3 Å². The molecule has 8 nitrogen and oxygen atoms in total. The van der Waals surface area contributed by atoms with Crippen LogP contribution in [0.4, 0.5) is 0 Å². The van der Waals surface area contributed by atoms with Gasteiger partial charge in [-0.3, -0.25) is 19.1 Å². The zero-order valence-electron chi connectivity index (χ0n) is 15.9. The standard InChI is InChI=1S/C20H23N5O3/c1-12(2)11-24-16-10-15(9-14-5-3-4-8-21-14)23-25(16)20(28)17(19(24)27)18(26)22-13-6-7-13/h3-5,8,10,12-13,27H,6-7,9,11H2,1-2H3,(H,22,26). The van der Waals surface area contributed by atoms with E-state index in [2.05, 4.69) is 15.4 Å². The van der Waals surface area contributed by atoms with E-state index in [0.717, 1.165) is 18.5 Å². The molecule has 8 heteroatoms. The van der Waals surface area contributed by atoms with Crippen molar-refractivity contribution in [1.29, 1.82) is 0 Å². The first kappa shape index (κ1) is 18.2. The van der Waals surface area contributed by atoms with Gasteiger partial charge in [-0.15, -0.1) is 0 Å². The molecule has 0 bridgehead atoms. The molecule has 0 radical (unpaired) electrons. The van der Waals surface area contributed by atoms with Gasteiger partial charge in [-0.05, 0) is 30.9 Å². The minimum atomic E-state index is -0.613. The Hall–Kier alpha value is -3.16. The molecule has 1 amide bonds. The first-order chi connectivity index (χ1) is 13.4. The van der Waals surface area contributed by atoms with Crippen molar-refractivity contribution in [2.45, 2.75) is 45.7 Å². The van der Waals surface area contributed by atoms with Crippen molar-refractivity contribution in [1.82, 2.24) is 24.5 Å². The van der Waals surface area contributed by atoms with Crippen LogP contribution in [0, 0.1) is 5.92 Å². The van der Waals surface area contributed by atoms with Crippen LogP contribution >= 0.6 is 0 Å². The summed E-state index contributed by atoms with van der Waals surface area (Å²) < 4.78 is 2.80. The molecule has 0 unspecified atom stereocenters. The Balaban J connectivity index is 1.83. The van der Waals surface area contributed by atoms with Gasteiger partial charge in [0.05, 0.1) is 5.69 Å². The number of nitrogens with one attached hydrogen (secondary N) is 1. The van der Waals surface area contributed by atoms with E-state index in [1.165, 1.54) is 4.52 Å². The second-order valence-corrected chi connectivity index (χ2v) is 7.66. The quantitative estimate of drug-likeness (QED) is 0.677. The molecular weight excluding hydrogens is 358 g/mol. The lowest BCUT2D eigenvalue weighted by Crippen LogP contribution is -2.34. The molecule has 4 rings (SSSR count). The summed E-state index contributed by atoms with van der Waals surface area (Å²) >= 11 is 0. The highest BCUT2D eigenvalue weighted by Crippen LogP contribution is 2.23. The van der Waals surface area contributed by atoms with Gasteiger partial charge in [0.1, 0.15) is 5.65 Å².